The molecule has 2 amide bonds. The van der Waals surface area contributed by atoms with Crippen molar-refractivity contribution in [1.29, 1.82) is 0 Å². The normalized spacial score (nSPS) is 18.0. The highest BCUT2D eigenvalue weighted by atomic mass is 32.2. The molecule has 0 radical (unpaired) electrons. The Balaban J connectivity index is 1.61. The van der Waals surface area contributed by atoms with E-state index in [0.29, 0.717) is 41.4 Å². The Morgan fingerprint density at radius 2 is 1.88 bits per heavy atom. The van der Waals surface area contributed by atoms with E-state index in [2.05, 4.69) is 54.8 Å². The lowest BCUT2D eigenvalue weighted by atomic mass is 9.90. The van der Waals surface area contributed by atoms with Gasteiger partial charge in [-0.1, -0.05) is 26.8 Å². The zero-order chi connectivity index (χ0) is 30.8. The average molecular weight is 594 g/mol. The summed E-state index contributed by atoms with van der Waals surface area (Å²) >= 11 is -2.23. The van der Waals surface area contributed by atoms with Gasteiger partial charge in [-0.2, -0.15) is 0 Å². The van der Waals surface area contributed by atoms with Crippen molar-refractivity contribution in [3.63, 3.8) is 0 Å². The Morgan fingerprint density at radius 3 is 2.52 bits per heavy atom. The number of primary amides is 2. The van der Waals surface area contributed by atoms with Crippen molar-refractivity contribution in [2.24, 2.45) is 17.4 Å². The Morgan fingerprint density at radius 1 is 1.14 bits per heavy atom. The summed E-state index contributed by atoms with van der Waals surface area (Å²) in [6, 6.07) is 11.3. The first-order valence-corrected chi connectivity index (χ1v) is 15.0. The monoisotopic (exact) mass is 593 g/mol. The third-order valence-corrected chi connectivity index (χ3v) is 8.22. The summed E-state index contributed by atoms with van der Waals surface area (Å²) in [5.74, 6) is 0.186. The quantitative estimate of drug-likeness (QED) is 0.251. The Labute approximate surface area is 248 Å². The van der Waals surface area contributed by atoms with E-state index in [0.717, 1.165) is 18.5 Å². The second kappa shape index (κ2) is 12.1. The van der Waals surface area contributed by atoms with Crippen LogP contribution >= 0.6 is 0 Å². The minimum absolute atomic E-state index is 0.0287. The lowest BCUT2D eigenvalue weighted by Crippen LogP contribution is -2.40. The maximum atomic E-state index is 12.4. The Hall–Kier alpha value is -3.90. The van der Waals surface area contributed by atoms with Crippen LogP contribution < -0.4 is 21.7 Å². The zero-order valence-corrected chi connectivity index (χ0v) is 25.4. The van der Waals surface area contributed by atoms with Gasteiger partial charge in [-0.25, -0.2) is 14.2 Å². The molecule has 0 bridgehead atoms. The van der Waals surface area contributed by atoms with Gasteiger partial charge in [0.05, 0.1) is 17.3 Å². The predicted octanol–water partition coefficient (Wildman–Crippen LogP) is 4.19. The fourth-order valence-corrected chi connectivity index (χ4v) is 5.85. The second-order valence-corrected chi connectivity index (χ2v) is 13.3. The summed E-state index contributed by atoms with van der Waals surface area (Å²) in [5.41, 5.74) is 13.0. The molecule has 1 aliphatic rings. The summed E-state index contributed by atoms with van der Waals surface area (Å²) in [6.45, 7) is 11.2. The highest BCUT2D eigenvalue weighted by Gasteiger charge is 2.41. The summed E-state index contributed by atoms with van der Waals surface area (Å²) in [4.78, 5) is 40.1. The molecule has 0 aliphatic carbocycles. The maximum absolute atomic E-state index is 12.4. The summed E-state index contributed by atoms with van der Waals surface area (Å²) in [7, 11) is 0. The van der Waals surface area contributed by atoms with Crippen LogP contribution in [0.1, 0.15) is 92.0 Å². The first-order chi connectivity index (χ1) is 19.7. The van der Waals surface area contributed by atoms with Crippen LogP contribution in [0.3, 0.4) is 0 Å². The van der Waals surface area contributed by atoms with Crippen LogP contribution in [0.4, 0.5) is 11.6 Å². The lowest BCUT2D eigenvalue weighted by molar-refractivity contribution is 0.0991. The van der Waals surface area contributed by atoms with Gasteiger partial charge in [0.2, 0.25) is 17.0 Å². The number of amides is 2. The van der Waals surface area contributed by atoms with Crippen molar-refractivity contribution in [1.82, 2.24) is 15.0 Å². The number of aromatic nitrogens is 3. The van der Waals surface area contributed by atoms with E-state index in [1.165, 1.54) is 12.3 Å². The van der Waals surface area contributed by atoms with Crippen molar-refractivity contribution in [3.05, 3.63) is 71.2 Å². The largest absolute Gasteiger partial charge is 0.366 e. The van der Waals surface area contributed by atoms with Crippen LogP contribution in [0.15, 0.2) is 53.7 Å². The van der Waals surface area contributed by atoms with E-state index in [1.54, 1.807) is 30.3 Å². The number of rotatable bonds is 10. The van der Waals surface area contributed by atoms with Crippen LogP contribution in [0.5, 0.6) is 0 Å². The molecule has 3 atom stereocenters. The van der Waals surface area contributed by atoms with E-state index in [9.17, 15) is 18.4 Å². The van der Waals surface area contributed by atoms with Gasteiger partial charge in [0, 0.05) is 35.0 Å². The van der Waals surface area contributed by atoms with E-state index in [-0.39, 0.29) is 27.9 Å². The standard InChI is InChI=1S/C30H39N7O4S/c1-29(2,3)23-12-10-20(27(32)39)28(35-23)37-17-18(16-30(37,4)5)9-11-21(22-15-19(26(31)38)13-14-33-22)34-24-7-6-8-25(36-24)42(40)41/h6-8,10,12-15,18,21H,9,11,16-17H2,1-5H3,(H2,31,38)(H2,32,39)(H,34,36)(H,40,41)/t18-,21?/m0/s1. The number of carbonyl (C=O) groups excluding carboxylic acids is 2. The highest BCUT2D eigenvalue weighted by Crippen LogP contribution is 2.41. The molecule has 4 rings (SSSR count). The van der Waals surface area contributed by atoms with E-state index in [1.807, 2.05) is 6.07 Å². The molecule has 4 heterocycles. The number of anilines is 2. The average Bonchev–Trinajstić information content (AvgIpc) is 3.23. The van der Waals surface area contributed by atoms with Gasteiger partial charge in [0.25, 0.3) is 5.91 Å². The van der Waals surface area contributed by atoms with Crippen molar-refractivity contribution in [2.45, 2.75) is 75.9 Å². The zero-order valence-electron chi connectivity index (χ0n) is 24.6. The van der Waals surface area contributed by atoms with Crippen molar-refractivity contribution in [2.75, 3.05) is 16.8 Å². The van der Waals surface area contributed by atoms with Gasteiger partial charge in [-0.15, -0.1) is 0 Å². The number of nitrogens with two attached hydrogens (primary N) is 2. The molecule has 11 nitrogen and oxygen atoms in total. The van der Waals surface area contributed by atoms with Gasteiger partial charge < -0.3 is 26.2 Å². The second-order valence-electron chi connectivity index (χ2n) is 12.4. The minimum Gasteiger partial charge on any atom is -0.366 e. The summed E-state index contributed by atoms with van der Waals surface area (Å²) in [5, 5.41) is 3.36. The molecule has 3 aromatic heterocycles. The highest BCUT2D eigenvalue weighted by molar-refractivity contribution is 7.79. The fraction of sp³-hybridized carbons (Fsp3) is 0.433. The fourth-order valence-electron chi connectivity index (χ4n) is 5.48. The number of hydrogen-bond donors (Lipinski definition) is 4. The summed E-state index contributed by atoms with van der Waals surface area (Å²) in [6.07, 6.45) is 3.79. The number of carbonyl (C=O) groups is 2. The molecule has 1 aliphatic heterocycles. The third kappa shape index (κ3) is 7.11. The van der Waals surface area contributed by atoms with Crippen LogP contribution in [0.25, 0.3) is 0 Å². The van der Waals surface area contributed by atoms with Crippen LogP contribution in [0, 0.1) is 5.92 Å². The SMILES string of the molecule is CC(C)(C)c1ccc(C(N)=O)c(N2C[C@@H](CCC(Nc3cccc(S(=O)O)n3)c3cc(C(N)=O)ccn3)CC2(C)C)n1. The molecule has 1 saturated heterocycles. The number of nitrogens with zero attached hydrogens (tertiary/aromatic N) is 4. The molecular weight excluding hydrogens is 554 g/mol. The van der Waals surface area contributed by atoms with Gasteiger partial charge in [0.1, 0.15) is 11.6 Å². The maximum Gasteiger partial charge on any atom is 0.252 e. The van der Waals surface area contributed by atoms with E-state index >= 15 is 0 Å². The molecule has 1 fully saturated rings. The molecule has 6 N–H and O–H groups in total. The van der Waals surface area contributed by atoms with Crippen LogP contribution in [-0.4, -0.2) is 47.6 Å². The molecule has 3 aromatic rings. The van der Waals surface area contributed by atoms with Gasteiger partial charge in [0.15, 0.2) is 5.03 Å². The molecule has 42 heavy (non-hydrogen) atoms. The van der Waals surface area contributed by atoms with E-state index in [4.69, 9.17) is 16.5 Å². The molecule has 0 spiro atoms. The first kappa shape index (κ1) is 31.0. The van der Waals surface area contributed by atoms with Crippen LogP contribution in [0.2, 0.25) is 0 Å². The number of pyridine rings is 3. The van der Waals surface area contributed by atoms with Crippen molar-refractivity contribution >= 4 is 34.5 Å². The predicted molar refractivity (Wildman–Crippen MR) is 163 cm³/mol. The Bertz CT molecular complexity index is 1500. The van der Waals surface area contributed by atoms with Crippen molar-refractivity contribution < 1.29 is 18.4 Å². The van der Waals surface area contributed by atoms with Crippen LogP contribution in [-0.2, 0) is 16.5 Å². The smallest absolute Gasteiger partial charge is 0.252 e. The topological polar surface area (TPSA) is 177 Å². The van der Waals surface area contributed by atoms with Gasteiger partial charge in [-0.05, 0) is 75.4 Å². The molecule has 12 heteroatoms. The molecule has 224 valence electrons. The van der Waals surface area contributed by atoms with Gasteiger partial charge >= 0.3 is 0 Å². The molecular formula is C30H39N7O4S. The minimum atomic E-state index is -2.23. The number of hydrogen-bond acceptors (Lipinski definition) is 8. The lowest BCUT2D eigenvalue weighted by Gasteiger charge is -2.34. The van der Waals surface area contributed by atoms with Crippen molar-refractivity contribution in [3.8, 4) is 0 Å². The van der Waals surface area contributed by atoms with Gasteiger partial charge in [-0.3, -0.25) is 14.6 Å². The molecule has 2 unspecified atom stereocenters. The molecule has 0 saturated carbocycles. The third-order valence-electron chi connectivity index (χ3n) is 7.64. The summed E-state index contributed by atoms with van der Waals surface area (Å²) < 4.78 is 21.1. The molecule has 0 aromatic carbocycles. The first-order valence-electron chi connectivity index (χ1n) is 13.8. The Kier molecular flexibility index (Phi) is 8.98. The number of nitrogens with one attached hydrogen (secondary N) is 1. The van der Waals surface area contributed by atoms with E-state index < -0.39 is 22.9 Å².